The summed E-state index contributed by atoms with van der Waals surface area (Å²) in [5, 5.41) is 8.87. The van der Waals surface area contributed by atoms with Crippen LogP contribution in [0.2, 0.25) is 0 Å². The molecule has 0 radical (unpaired) electrons. The standard InChI is InChI=1S/C28H21N3O4/c32-28(34-17-24-30-31-27(35-24)18-8-2-1-3-9-18)25-21-12-4-5-14-23(21)29-26-19(10-6-13-22(25)26)16-20-11-7-15-33-20/h1-5,7-9,11-12,14-16H,6,10,13,17H2/b19-16-. The lowest BCUT2D eigenvalue weighted by Crippen LogP contribution is -2.15. The molecule has 0 amide bonds. The largest absolute Gasteiger partial charge is 0.465 e. The average molecular weight is 463 g/mol. The Bertz CT molecular complexity index is 1540. The molecule has 0 bridgehead atoms. The predicted octanol–water partition coefficient (Wildman–Crippen LogP) is 6.11. The zero-order valence-electron chi connectivity index (χ0n) is 18.8. The number of carbonyl (C=O) groups is 1. The zero-order valence-corrected chi connectivity index (χ0v) is 18.8. The molecule has 0 fully saturated rings. The number of allylic oxidation sites excluding steroid dienone is 1. The van der Waals surface area contributed by atoms with E-state index < -0.39 is 5.97 Å². The second-order valence-corrected chi connectivity index (χ2v) is 8.31. The van der Waals surface area contributed by atoms with Crippen LogP contribution in [0, 0.1) is 0 Å². The number of pyridine rings is 1. The van der Waals surface area contributed by atoms with Crippen LogP contribution in [0.15, 0.2) is 81.8 Å². The number of esters is 1. The number of hydrogen-bond acceptors (Lipinski definition) is 7. The topological polar surface area (TPSA) is 91.2 Å². The number of ether oxygens (including phenoxy) is 1. The van der Waals surface area contributed by atoms with Crippen LogP contribution in [0.3, 0.4) is 0 Å². The Morgan fingerprint density at radius 3 is 2.69 bits per heavy atom. The number of aromatic nitrogens is 3. The zero-order chi connectivity index (χ0) is 23.6. The van der Waals surface area contributed by atoms with Gasteiger partial charge in [0.15, 0.2) is 6.61 Å². The number of furan rings is 1. The van der Waals surface area contributed by atoms with Crippen molar-refractivity contribution < 1.29 is 18.4 Å². The van der Waals surface area contributed by atoms with E-state index in [-0.39, 0.29) is 12.5 Å². The summed E-state index contributed by atoms with van der Waals surface area (Å²) in [5.41, 5.74) is 4.86. The molecule has 0 N–H and O–H groups in total. The highest BCUT2D eigenvalue weighted by atomic mass is 16.5. The van der Waals surface area contributed by atoms with E-state index in [0.29, 0.717) is 11.5 Å². The summed E-state index contributed by atoms with van der Waals surface area (Å²) in [5.74, 6) is 0.954. The molecule has 6 rings (SSSR count). The normalized spacial score (nSPS) is 14.2. The minimum absolute atomic E-state index is 0.112. The van der Waals surface area contributed by atoms with Gasteiger partial charge in [-0.05, 0) is 66.8 Å². The quantitative estimate of drug-likeness (QED) is 0.290. The first kappa shape index (κ1) is 21.0. The summed E-state index contributed by atoms with van der Waals surface area (Å²) in [6.07, 6.45) is 6.15. The fraction of sp³-hybridized carbons (Fsp3) is 0.143. The van der Waals surface area contributed by atoms with Crippen molar-refractivity contribution in [2.75, 3.05) is 0 Å². The first-order chi connectivity index (χ1) is 17.3. The first-order valence-electron chi connectivity index (χ1n) is 11.5. The highest BCUT2D eigenvalue weighted by Crippen LogP contribution is 2.36. The number of carbonyl (C=O) groups excluding carboxylic acids is 1. The molecule has 0 spiro atoms. The van der Waals surface area contributed by atoms with E-state index in [1.165, 1.54) is 0 Å². The Morgan fingerprint density at radius 1 is 0.971 bits per heavy atom. The van der Waals surface area contributed by atoms with Crippen LogP contribution in [0.25, 0.3) is 34.0 Å². The van der Waals surface area contributed by atoms with Gasteiger partial charge < -0.3 is 13.6 Å². The van der Waals surface area contributed by atoms with Crippen LogP contribution in [-0.4, -0.2) is 21.2 Å². The van der Waals surface area contributed by atoms with Crippen LogP contribution < -0.4 is 0 Å². The second-order valence-electron chi connectivity index (χ2n) is 8.31. The SMILES string of the molecule is O=C(OCc1nnc(-c2ccccc2)o1)c1c2c(nc3ccccc13)/C(=C\c1ccco1)CCC2. The molecular weight excluding hydrogens is 442 g/mol. The highest BCUT2D eigenvalue weighted by molar-refractivity contribution is 6.06. The van der Waals surface area contributed by atoms with E-state index >= 15 is 0 Å². The van der Waals surface area contributed by atoms with Gasteiger partial charge in [0.2, 0.25) is 5.89 Å². The van der Waals surface area contributed by atoms with Gasteiger partial charge in [-0.15, -0.1) is 10.2 Å². The molecule has 3 heterocycles. The fourth-order valence-corrected chi connectivity index (χ4v) is 4.46. The lowest BCUT2D eigenvalue weighted by atomic mass is 9.86. The molecule has 5 aromatic rings. The van der Waals surface area contributed by atoms with Crippen LogP contribution in [0.1, 0.15) is 46.1 Å². The second kappa shape index (κ2) is 9.02. The van der Waals surface area contributed by atoms with Gasteiger partial charge in [-0.25, -0.2) is 9.78 Å². The van der Waals surface area contributed by atoms with Gasteiger partial charge >= 0.3 is 5.97 Å². The van der Waals surface area contributed by atoms with Crippen molar-refractivity contribution in [2.24, 2.45) is 0 Å². The van der Waals surface area contributed by atoms with Crippen LogP contribution in [-0.2, 0) is 17.8 Å². The van der Waals surface area contributed by atoms with E-state index in [9.17, 15) is 4.79 Å². The molecule has 0 unspecified atom stereocenters. The monoisotopic (exact) mass is 463 g/mol. The maximum atomic E-state index is 13.4. The van der Waals surface area contributed by atoms with Crippen LogP contribution in [0.5, 0.6) is 0 Å². The Hall–Kier alpha value is -4.52. The van der Waals surface area contributed by atoms with Crippen molar-refractivity contribution >= 4 is 28.5 Å². The minimum atomic E-state index is -0.432. The van der Waals surface area contributed by atoms with E-state index in [2.05, 4.69) is 10.2 Å². The summed E-state index contributed by atoms with van der Waals surface area (Å²) in [7, 11) is 0. The Kier molecular flexibility index (Phi) is 5.42. The van der Waals surface area contributed by atoms with Gasteiger partial charge in [0, 0.05) is 10.9 Å². The average Bonchev–Trinajstić information content (AvgIpc) is 3.59. The van der Waals surface area contributed by atoms with Crippen molar-refractivity contribution in [3.8, 4) is 11.5 Å². The number of hydrogen-bond donors (Lipinski definition) is 0. The molecule has 2 aromatic carbocycles. The van der Waals surface area contributed by atoms with E-state index in [1.807, 2.05) is 72.8 Å². The first-order valence-corrected chi connectivity index (χ1v) is 11.5. The lowest BCUT2D eigenvalue weighted by Gasteiger charge is -2.22. The number of fused-ring (bicyclic) bond motifs is 2. The van der Waals surface area contributed by atoms with Gasteiger partial charge in [-0.2, -0.15) is 0 Å². The molecule has 0 atom stereocenters. The molecule has 7 heteroatoms. The third-order valence-electron chi connectivity index (χ3n) is 6.05. The van der Waals surface area contributed by atoms with Crippen molar-refractivity contribution in [2.45, 2.75) is 25.9 Å². The van der Waals surface area contributed by atoms with Gasteiger partial charge in [0.1, 0.15) is 5.76 Å². The Balaban J connectivity index is 1.34. The van der Waals surface area contributed by atoms with Gasteiger partial charge in [-0.1, -0.05) is 36.4 Å². The maximum Gasteiger partial charge on any atom is 0.339 e. The molecular formula is C28H21N3O4. The van der Waals surface area contributed by atoms with Gasteiger partial charge in [0.25, 0.3) is 5.89 Å². The predicted molar refractivity (Wildman–Crippen MR) is 130 cm³/mol. The van der Waals surface area contributed by atoms with Gasteiger partial charge in [0.05, 0.1) is 23.0 Å². The highest BCUT2D eigenvalue weighted by Gasteiger charge is 2.26. The number of benzene rings is 2. The smallest absolute Gasteiger partial charge is 0.339 e. The molecule has 0 saturated heterocycles. The molecule has 0 saturated carbocycles. The van der Waals surface area contributed by atoms with Crippen LogP contribution >= 0.6 is 0 Å². The van der Waals surface area contributed by atoms with Crippen molar-refractivity contribution in [3.05, 3.63) is 101 Å². The summed E-state index contributed by atoms with van der Waals surface area (Å²) in [4.78, 5) is 18.3. The summed E-state index contributed by atoms with van der Waals surface area (Å²) in [6.45, 7) is -0.112. The van der Waals surface area contributed by atoms with Crippen LogP contribution in [0.4, 0.5) is 0 Å². The van der Waals surface area contributed by atoms with Crippen molar-refractivity contribution in [1.29, 1.82) is 0 Å². The van der Waals surface area contributed by atoms with Crippen molar-refractivity contribution in [1.82, 2.24) is 15.2 Å². The third kappa shape index (κ3) is 4.12. The summed E-state index contributed by atoms with van der Waals surface area (Å²) in [6, 6.07) is 20.9. The number of nitrogens with zero attached hydrogens (tertiary/aromatic N) is 3. The fourth-order valence-electron chi connectivity index (χ4n) is 4.46. The van der Waals surface area contributed by atoms with E-state index in [4.69, 9.17) is 18.6 Å². The summed E-state index contributed by atoms with van der Waals surface area (Å²) < 4.78 is 16.9. The number of para-hydroxylation sites is 1. The van der Waals surface area contributed by atoms with Gasteiger partial charge in [-0.3, -0.25) is 0 Å². The molecule has 172 valence electrons. The molecule has 3 aromatic heterocycles. The van der Waals surface area contributed by atoms with Crippen molar-refractivity contribution in [3.63, 3.8) is 0 Å². The Morgan fingerprint density at radius 2 is 1.83 bits per heavy atom. The van der Waals surface area contributed by atoms with E-state index in [1.54, 1.807) is 6.26 Å². The molecule has 35 heavy (non-hydrogen) atoms. The van der Waals surface area contributed by atoms with E-state index in [0.717, 1.165) is 58.3 Å². The molecule has 1 aliphatic carbocycles. The summed E-state index contributed by atoms with van der Waals surface area (Å²) >= 11 is 0. The molecule has 1 aliphatic rings. The lowest BCUT2D eigenvalue weighted by molar-refractivity contribution is 0.0439. The third-order valence-corrected chi connectivity index (χ3v) is 6.05. The minimum Gasteiger partial charge on any atom is -0.465 e. The number of rotatable bonds is 5. The molecule has 0 aliphatic heterocycles. The molecule has 7 nitrogen and oxygen atoms in total. The Labute approximate surface area is 201 Å². The maximum absolute atomic E-state index is 13.4.